The number of amides is 2. The predicted molar refractivity (Wildman–Crippen MR) is 83.6 cm³/mol. The van der Waals surface area contributed by atoms with E-state index in [0.29, 0.717) is 5.69 Å². The van der Waals surface area contributed by atoms with E-state index in [1.807, 2.05) is 24.3 Å². The fourth-order valence-electron chi connectivity index (χ4n) is 1.61. The molecule has 0 fully saturated rings. The molecule has 0 aliphatic rings. The van der Waals surface area contributed by atoms with E-state index in [4.69, 9.17) is 5.11 Å². The molecule has 0 atom stereocenters. The number of hydrogen-bond donors (Lipinski definition) is 3. The summed E-state index contributed by atoms with van der Waals surface area (Å²) in [6.45, 7) is 9.55. The van der Waals surface area contributed by atoms with Gasteiger partial charge < -0.3 is 15.7 Å². The lowest BCUT2D eigenvalue weighted by Crippen LogP contribution is -2.40. The van der Waals surface area contributed by atoms with E-state index in [2.05, 4.69) is 31.4 Å². The number of rotatable bonds is 4. The highest BCUT2D eigenvalue weighted by Gasteiger charge is 2.27. The van der Waals surface area contributed by atoms with Crippen LogP contribution in [0, 0.1) is 5.41 Å². The fourth-order valence-corrected chi connectivity index (χ4v) is 1.61. The second-order valence-electron chi connectivity index (χ2n) is 6.82. The lowest BCUT2D eigenvalue weighted by atomic mass is 9.87. The van der Waals surface area contributed by atoms with E-state index in [0.717, 1.165) is 0 Å². The Morgan fingerprint density at radius 1 is 1.05 bits per heavy atom. The average Bonchev–Trinajstić information content (AvgIpc) is 2.36. The van der Waals surface area contributed by atoms with E-state index >= 15 is 0 Å². The molecule has 2 amide bonds. The maximum absolute atomic E-state index is 11.7. The van der Waals surface area contributed by atoms with Crippen molar-refractivity contribution in [3.8, 4) is 0 Å². The molecule has 5 nitrogen and oxygen atoms in total. The fraction of sp³-hybridized carbons (Fsp3) is 0.500. The van der Waals surface area contributed by atoms with Crippen LogP contribution in [0.15, 0.2) is 24.3 Å². The first kappa shape index (κ1) is 17.0. The second kappa shape index (κ2) is 6.16. The zero-order valence-electron chi connectivity index (χ0n) is 13.3. The Labute approximate surface area is 125 Å². The third-order valence-electron chi connectivity index (χ3n) is 3.28. The summed E-state index contributed by atoms with van der Waals surface area (Å²) >= 11 is 0. The largest absolute Gasteiger partial charge is 0.481 e. The normalized spacial score (nSPS) is 11.9. The molecular formula is C16H24N2O3. The van der Waals surface area contributed by atoms with Crippen molar-refractivity contribution in [2.45, 2.75) is 40.0 Å². The number of urea groups is 1. The van der Waals surface area contributed by atoms with E-state index in [-0.39, 0.29) is 12.0 Å². The summed E-state index contributed by atoms with van der Waals surface area (Å²) in [5.41, 5.74) is 0.925. The van der Waals surface area contributed by atoms with Gasteiger partial charge in [0, 0.05) is 12.2 Å². The molecule has 0 heterocycles. The molecule has 0 bridgehead atoms. The van der Waals surface area contributed by atoms with Crippen LogP contribution in [0.25, 0.3) is 0 Å². The van der Waals surface area contributed by atoms with Crippen molar-refractivity contribution < 1.29 is 14.7 Å². The van der Waals surface area contributed by atoms with Crippen molar-refractivity contribution in [2.75, 3.05) is 11.9 Å². The molecular weight excluding hydrogens is 268 g/mol. The third kappa shape index (κ3) is 5.10. The lowest BCUT2D eigenvalue weighted by Gasteiger charge is -2.20. The first-order chi connectivity index (χ1) is 9.52. The van der Waals surface area contributed by atoms with Crippen molar-refractivity contribution in [3.63, 3.8) is 0 Å². The average molecular weight is 292 g/mol. The van der Waals surface area contributed by atoms with Gasteiger partial charge in [-0.25, -0.2) is 4.79 Å². The summed E-state index contributed by atoms with van der Waals surface area (Å²) in [5.74, 6) is -0.947. The summed E-state index contributed by atoms with van der Waals surface area (Å²) in [6, 6.07) is 7.20. The van der Waals surface area contributed by atoms with Gasteiger partial charge in [-0.3, -0.25) is 4.79 Å². The molecule has 116 valence electrons. The van der Waals surface area contributed by atoms with Gasteiger partial charge in [0.05, 0.1) is 5.41 Å². The van der Waals surface area contributed by atoms with Gasteiger partial charge in [-0.05, 0) is 37.0 Å². The Balaban J connectivity index is 2.58. The standard InChI is InChI=1S/C16H24N2O3/c1-15(2,3)11-6-8-12(9-7-11)18-14(21)17-10-16(4,5)13(19)20/h6-9H,10H2,1-5H3,(H,19,20)(H2,17,18,21). The van der Waals surface area contributed by atoms with Gasteiger partial charge in [-0.15, -0.1) is 0 Å². The minimum Gasteiger partial charge on any atom is -0.481 e. The molecule has 0 aromatic heterocycles. The van der Waals surface area contributed by atoms with Crippen LogP contribution in [0.5, 0.6) is 0 Å². The van der Waals surface area contributed by atoms with Crippen molar-refractivity contribution in [1.82, 2.24) is 5.32 Å². The monoisotopic (exact) mass is 292 g/mol. The van der Waals surface area contributed by atoms with Gasteiger partial charge in [-0.2, -0.15) is 0 Å². The molecule has 0 unspecified atom stereocenters. The molecule has 0 radical (unpaired) electrons. The number of carboxylic acid groups (broad SMARTS) is 1. The Bertz CT molecular complexity index is 513. The van der Waals surface area contributed by atoms with E-state index in [1.165, 1.54) is 5.56 Å². The molecule has 0 aliphatic heterocycles. The van der Waals surface area contributed by atoms with Crippen LogP contribution in [0.1, 0.15) is 40.2 Å². The van der Waals surface area contributed by atoms with Crippen molar-refractivity contribution in [3.05, 3.63) is 29.8 Å². The van der Waals surface area contributed by atoms with Crippen LogP contribution < -0.4 is 10.6 Å². The molecule has 5 heteroatoms. The molecule has 0 saturated heterocycles. The van der Waals surface area contributed by atoms with Gasteiger partial charge in [0.15, 0.2) is 0 Å². The van der Waals surface area contributed by atoms with Crippen LogP contribution in [-0.2, 0) is 10.2 Å². The first-order valence-electron chi connectivity index (χ1n) is 6.91. The van der Waals surface area contributed by atoms with Crippen LogP contribution in [0.4, 0.5) is 10.5 Å². The highest BCUT2D eigenvalue weighted by Crippen LogP contribution is 2.23. The van der Waals surface area contributed by atoms with Gasteiger partial charge in [0.25, 0.3) is 0 Å². The van der Waals surface area contributed by atoms with Crippen LogP contribution in [-0.4, -0.2) is 23.7 Å². The lowest BCUT2D eigenvalue weighted by molar-refractivity contribution is -0.146. The minimum atomic E-state index is -0.993. The maximum atomic E-state index is 11.7. The second-order valence-corrected chi connectivity index (χ2v) is 6.82. The Morgan fingerprint density at radius 2 is 1.57 bits per heavy atom. The molecule has 1 rings (SSSR count). The topological polar surface area (TPSA) is 78.4 Å². The first-order valence-corrected chi connectivity index (χ1v) is 6.91. The zero-order valence-corrected chi connectivity index (χ0v) is 13.3. The number of carbonyl (C=O) groups excluding carboxylic acids is 1. The molecule has 3 N–H and O–H groups in total. The zero-order chi connectivity index (χ0) is 16.3. The van der Waals surface area contributed by atoms with Crippen molar-refractivity contribution >= 4 is 17.7 Å². The summed E-state index contributed by atoms with van der Waals surface area (Å²) in [7, 11) is 0. The molecule has 0 aliphatic carbocycles. The number of aliphatic carboxylic acids is 1. The molecule has 0 spiro atoms. The summed E-state index contributed by atoms with van der Waals surface area (Å²) in [4.78, 5) is 22.7. The van der Waals surface area contributed by atoms with E-state index in [9.17, 15) is 9.59 Å². The summed E-state index contributed by atoms with van der Waals surface area (Å²) in [5, 5.41) is 14.2. The van der Waals surface area contributed by atoms with Gasteiger partial charge in [0.1, 0.15) is 0 Å². The smallest absolute Gasteiger partial charge is 0.319 e. The van der Waals surface area contributed by atoms with Crippen LogP contribution in [0.3, 0.4) is 0 Å². The Hall–Kier alpha value is -2.04. The molecule has 1 aromatic carbocycles. The number of nitrogens with one attached hydrogen (secondary N) is 2. The number of anilines is 1. The minimum absolute atomic E-state index is 0.0618. The maximum Gasteiger partial charge on any atom is 0.319 e. The molecule has 21 heavy (non-hydrogen) atoms. The quantitative estimate of drug-likeness (QED) is 0.797. The SMILES string of the molecule is CC(C)(CNC(=O)Nc1ccc(C(C)(C)C)cc1)C(=O)O. The number of benzene rings is 1. The number of carboxylic acids is 1. The molecule has 1 aromatic rings. The summed E-state index contributed by atoms with van der Waals surface area (Å²) in [6.07, 6.45) is 0. The van der Waals surface area contributed by atoms with Crippen molar-refractivity contribution in [2.24, 2.45) is 5.41 Å². The van der Waals surface area contributed by atoms with Crippen LogP contribution in [0.2, 0.25) is 0 Å². The number of carbonyl (C=O) groups is 2. The highest BCUT2D eigenvalue weighted by molar-refractivity contribution is 5.89. The highest BCUT2D eigenvalue weighted by atomic mass is 16.4. The van der Waals surface area contributed by atoms with E-state index in [1.54, 1.807) is 13.8 Å². The summed E-state index contributed by atoms with van der Waals surface area (Å²) < 4.78 is 0. The predicted octanol–water partition coefficient (Wildman–Crippen LogP) is 3.22. The van der Waals surface area contributed by atoms with Crippen molar-refractivity contribution in [1.29, 1.82) is 0 Å². The molecule has 0 saturated carbocycles. The Morgan fingerprint density at radius 3 is 2.00 bits per heavy atom. The van der Waals surface area contributed by atoms with Gasteiger partial charge in [-0.1, -0.05) is 32.9 Å². The third-order valence-corrected chi connectivity index (χ3v) is 3.28. The number of hydrogen-bond acceptors (Lipinski definition) is 2. The van der Waals surface area contributed by atoms with E-state index < -0.39 is 17.4 Å². The van der Waals surface area contributed by atoms with Gasteiger partial charge >= 0.3 is 12.0 Å². The van der Waals surface area contributed by atoms with Gasteiger partial charge in [0.2, 0.25) is 0 Å². The Kier molecular flexibility index (Phi) is 4.99. The van der Waals surface area contributed by atoms with Crippen LogP contribution >= 0.6 is 0 Å².